The number of nitrogens with two attached hydrogens (primary N) is 1. The van der Waals surface area contributed by atoms with E-state index < -0.39 is 83.7 Å². The number of hydrogen-bond acceptors (Lipinski definition) is 16. The van der Waals surface area contributed by atoms with Crippen LogP contribution in [0, 0.1) is 0 Å². The van der Waals surface area contributed by atoms with E-state index in [4.69, 9.17) is 33.7 Å². The van der Waals surface area contributed by atoms with E-state index in [1.54, 1.807) is 6.08 Å². The molecule has 2 aliphatic heterocycles. The lowest BCUT2D eigenvalue weighted by Crippen LogP contribution is -2.36. The van der Waals surface area contributed by atoms with Crippen molar-refractivity contribution in [2.45, 2.75) is 185 Å². The first-order valence-electron chi connectivity index (χ1n) is 25.7. The lowest BCUT2D eigenvalue weighted by Gasteiger charge is -2.21. The highest BCUT2D eigenvalue weighted by Crippen LogP contribution is 2.60. The van der Waals surface area contributed by atoms with Gasteiger partial charge in [-0.2, -0.15) is 9.29 Å². The Kier molecular flexibility index (Phi) is 31.8. The number of nitrogens with zero attached hydrogens (tertiary/aromatic N) is 2. The van der Waals surface area contributed by atoms with Crippen LogP contribution >= 0.6 is 15.6 Å². The number of allylic oxidation sites excluding steroid dienone is 12. The zero-order valence-electron chi connectivity index (χ0n) is 42.6. The van der Waals surface area contributed by atoms with E-state index in [9.17, 15) is 43.5 Å². The monoisotopic (exact) mass is 1070 g/mol. The predicted octanol–water partition coefficient (Wildman–Crippen LogP) is 9.65. The van der Waals surface area contributed by atoms with E-state index in [-0.39, 0.29) is 18.7 Å². The maximum Gasteiger partial charge on any atom is 0.481 e. The average molecular weight is 1070 g/mol. The molecule has 19 nitrogen and oxygen atoms in total. The summed E-state index contributed by atoms with van der Waals surface area (Å²) in [5.74, 6) is -1.43. The molecule has 2 saturated heterocycles. The Labute approximate surface area is 431 Å². The second kappa shape index (κ2) is 36.8. The van der Waals surface area contributed by atoms with Crippen LogP contribution in [0.3, 0.4) is 0 Å². The molecule has 0 saturated carbocycles. The molecule has 0 amide bonds. The second-order valence-corrected chi connectivity index (χ2v) is 20.7. The summed E-state index contributed by atoms with van der Waals surface area (Å²) in [6, 6.07) is 1.24. The number of carbonyl (C=O) groups is 2. The quantitative estimate of drug-likeness (QED) is 0.0134. The highest BCUT2D eigenvalue weighted by atomic mass is 31.3. The molecule has 0 radical (unpaired) electrons. The van der Waals surface area contributed by atoms with Crippen molar-refractivity contribution in [1.29, 1.82) is 0 Å². The number of hydrogen-bond donors (Lipinski definition) is 5. The average Bonchev–Trinajstić information content (AvgIpc) is 4.04. The highest BCUT2D eigenvalue weighted by Gasteiger charge is 2.46. The van der Waals surface area contributed by atoms with E-state index in [0.717, 1.165) is 87.8 Å². The molecule has 6 N–H and O–H groups in total. The summed E-state index contributed by atoms with van der Waals surface area (Å²) in [4.78, 5) is 61.9. The van der Waals surface area contributed by atoms with Gasteiger partial charge >= 0.3 is 33.3 Å². The first-order valence-corrected chi connectivity index (χ1v) is 28.7. The molecule has 21 heteroatoms. The number of ether oxygens (including phenoxy) is 4. The Morgan fingerprint density at radius 1 is 0.685 bits per heavy atom. The van der Waals surface area contributed by atoms with Crippen LogP contribution < -0.4 is 11.4 Å². The van der Waals surface area contributed by atoms with Gasteiger partial charge in [0.15, 0.2) is 12.3 Å². The molecule has 73 heavy (non-hydrogen) atoms. The number of aromatic nitrogens is 2. The van der Waals surface area contributed by atoms with Gasteiger partial charge in [-0.15, -0.1) is 0 Å². The number of rotatable bonds is 40. The van der Waals surface area contributed by atoms with Crippen LogP contribution in [0.2, 0.25) is 0 Å². The Bertz CT molecular complexity index is 2120. The molecule has 3 heterocycles. The van der Waals surface area contributed by atoms with Crippen molar-refractivity contribution < 1.29 is 71.0 Å². The minimum atomic E-state index is -5.45. The van der Waals surface area contributed by atoms with Crippen LogP contribution in [-0.2, 0) is 51.0 Å². The van der Waals surface area contributed by atoms with Crippen LogP contribution in [0.25, 0.3) is 0 Å². The standard InChI is InChI=1S/C52H81N3O16P2/c1-3-5-7-8-9-10-11-12-13-14-18-21-24-27-31-35-47(56)65-39-42(68-48(57)36-32-28-25-22-19-16-15-17-20-23-26-30-34-44-43(69-44)33-29-6-4-2)40-66-72(61,62)71-73(63,64)67-41-45-49(58)50(59)51(70-45)55-38-37-46(53)54-52(55)60/h6,9-10,12-13,16-17,19-20,25-26,28-30,37-38,42-45,49-51,58-59H,3-5,7-8,11,14-15,18,21-24,27,31-36,39-41H2,1-2H3,(H,61,62)(H,63,64)(H2,53,54,60)/b10-9-,13-12-,19-16-,20-17-,28-25-,29-6-,30-26-/t42-,43?,44?,45-,49-,50-,51-/m1/s1. The van der Waals surface area contributed by atoms with Crippen molar-refractivity contribution in [2.75, 3.05) is 25.6 Å². The molecule has 1 aromatic rings. The summed E-state index contributed by atoms with van der Waals surface area (Å²) in [5, 5.41) is 20.9. The van der Waals surface area contributed by atoms with Gasteiger partial charge < -0.3 is 44.7 Å². The maximum absolute atomic E-state index is 12.9. The number of unbranched alkanes of at least 4 members (excludes halogenated alkanes) is 8. The number of phosphoric ester groups is 2. The number of aliphatic hydroxyl groups is 2. The number of carbonyl (C=O) groups excluding carboxylic acids is 2. The number of esters is 2. The smallest absolute Gasteiger partial charge is 0.462 e. The largest absolute Gasteiger partial charge is 0.481 e. The van der Waals surface area contributed by atoms with E-state index in [1.807, 2.05) is 18.2 Å². The molecule has 4 unspecified atom stereocenters. The molecular formula is C52H81N3O16P2. The van der Waals surface area contributed by atoms with Gasteiger partial charge in [0.2, 0.25) is 0 Å². The predicted molar refractivity (Wildman–Crippen MR) is 279 cm³/mol. The lowest BCUT2D eigenvalue weighted by atomic mass is 10.1. The van der Waals surface area contributed by atoms with E-state index in [2.05, 4.69) is 83.9 Å². The van der Waals surface area contributed by atoms with Gasteiger partial charge in [0, 0.05) is 19.0 Å². The third-order valence-electron chi connectivity index (χ3n) is 11.4. The van der Waals surface area contributed by atoms with Crippen molar-refractivity contribution in [1.82, 2.24) is 9.55 Å². The van der Waals surface area contributed by atoms with Gasteiger partial charge in [0.05, 0.1) is 25.4 Å². The molecule has 0 bridgehead atoms. The third-order valence-corrected chi connectivity index (χ3v) is 14.0. The number of phosphoric acid groups is 2. The molecule has 0 aromatic carbocycles. The summed E-state index contributed by atoms with van der Waals surface area (Å²) in [7, 11) is -10.9. The number of aliphatic hydroxyl groups excluding tert-OH is 2. The van der Waals surface area contributed by atoms with Crippen molar-refractivity contribution in [3.05, 3.63) is 108 Å². The van der Waals surface area contributed by atoms with Crippen LogP contribution in [0.1, 0.15) is 148 Å². The minimum Gasteiger partial charge on any atom is -0.462 e. The first-order chi connectivity index (χ1) is 35.1. The van der Waals surface area contributed by atoms with Crippen LogP contribution in [-0.4, -0.2) is 97.9 Å². The molecule has 2 fully saturated rings. The number of anilines is 1. The van der Waals surface area contributed by atoms with Crippen LogP contribution in [0.4, 0.5) is 5.82 Å². The molecule has 2 aliphatic rings. The zero-order valence-corrected chi connectivity index (χ0v) is 44.4. The van der Waals surface area contributed by atoms with Gasteiger partial charge in [-0.25, -0.2) is 13.9 Å². The van der Waals surface area contributed by atoms with Crippen molar-refractivity contribution in [2.24, 2.45) is 0 Å². The first kappa shape index (κ1) is 63.2. The third kappa shape index (κ3) is 29.0. The Balaban J connectivity index is 1.42. The number of epoxide rings is 1. The molecular weight excluding hydrogens is 985 g/mol. The van der Waals surface area contributed by atoms with Crippen LogP contribution in [0.5, 0.6) is 0 Å². The molecule has 410 valence electrons. The van der Waals surface area contributed by atoms with E-state index in [1.165, 1.54) is 25.3 Å². The van der Waals surface area contributed by atoms with Crippen molar-refractivity contribution in [3.63, 3.8) is 0 Å². The van der Waals surface area contributed by atoms with Gasteiger partial charge in [-0.05, 0) is 89.5 Å². The fraction of sp³-hybridized carbons (Fsp3) is 0.615. The molecule has 0 spiro atoms. The maximum atomic E-state index is 12.9. The van der Waals surface area contributed by atoms with Crippen LogP contribution in [0.15, 0.2) is 102 Å². The topological polar surface area (TPSA) is 278 Å². The van der Waals surface area contributed by atoms with Gasteiger partial charge in [-0.3, -0.25) is 23.2 Å². The molecule has 3 rings (SSSR count). The van der Waals surface area contributed by atoms with Gasteiger partial charge in [0.25, 0.3) is 0 Å². The minimum absolute atomic E-state index is 0.0859. The Morgan fingerprint density at radius 3 is 1.88 bits per heavy atom. The summed E-state index contributed by atoms with van der Waals surface area (Å²) in [6.45, 7) is 1.91. The van der Waals surface area contributed by atoms with Crippen molar-refractivity contribution in [3.8, 4) is 0 Å². The number of nitrogen functional groups attached to an aromatic ring is 1. The zero-order chi connectivity index (χ0) is 53.2. The van der Waals surface area contributed by atoms with Crippen molar-refractivity contribution >= 4 is 33.4 Å². The van der Waals surface area contributed by atoms with E-state index >= 15 is 0 Å². The Morgan fingerprint density at radius 2 is 1.25 bits per heavy atom. The summed E-state index contributed by atoms with van der Waals surface area (Å²) in [5.41, 5.74) is 4.58. The highest BCUT2D eigenvalue weighted by molar-refractivity contribution is 7.61. The normalized spacial score (nSPS) is 22.4. The molecule has 1 aromatic heterocycles. The summed E-state index contributed by atoms with van der Waals surface area (Å²) in [6.07, 6.45) is 40.0. The molecule has 0 aliphatic carbocycles. The fourth-order valence-electron chi connectivity index (χ4n) is 7.29. The summed E-state index contributed by atoms with van der Waals surface area (Å²) < 4.78 is 62.4. The van der Waals surface area contributed by atoms with Gasteiger partial charge in [-0.1, -0.05) is 131 Å². The lowest BCUT2D eigenvalue weighted by molar-refractivity contribution is -0.161. The fourth-order valence-corrected chi connectivity index (χ4v) is 9.40. The SMILES string of the molecule is CC/C=C\CC1OC1C/C=C\C/C=C\C/C=C\C/C=C\CCC(=O)O[C@H](COC(=O)CCCCCCC/C=C\C/C=C\CCCCC)COP(=O)(O)OP(=O)(O)OC[C@H]1O[C@@H](n2ccc(N)nc2=O)[C@H](O)[C@@H]1O. The van der Waals surface area contributed by atoms with Gasteiger partial charge in [0.1, 0.15) is 30.7 Å². The summed E-state index contributed by atoms with van der Waals surface area (Å²) >= 11 is 0. The van der Waals surface area contributed by atoms with E-state index in [0.29, 0.717) is 31.5 Å². The Hall–Kier alpha value is -4.10. The second-order valence-electron chi connectivity index (χ2n) is 17.7. The molecule has 9 atom stereocenters.